The lowest BCUT2D eigenvalue weighted by molar-refractivity contribution is 0.413. The van der Waals surface area contributed by atoms with E-state index in [-0.39, 0.29) is 6.04 Å². The molecule has 0 aliphatic rings. The summed E-state index contributed by atoms with van der Waals surface area (Å²) in [6.45, 7) is 5.16. The molecule has 3 nitrogen and oxygen atoms in total. The molecule has 0 bridgehead atoms. The molecule has 1 N–H and O–H groups in total. The van der Waals surface area contributed by atoms with Crippen LogP contribution in [0.1, 0.15) is 20.3 Å². The summed E-state index contributed by atoms with van der Waals surface area (Å²) in [5.41, 5.74) is 0. The molecule has 17 heavy (non-hydrogen) atoms. The summed E-state index contributed by atoms with van der Waals surface area (Å²) < 4.78 is 17.2. The molecular weight excluding hydrogens is 234 g/mol. The number of hydrogen-bond acceptors (Lipinski definition) is 3. The Morgan fingerprint density at radius 1 is 1.47 bits per heavy atom. The molecule has 0 aliphatic carbocycles. The van der Waals surface area contributed by atoms with E-state index in [1.165, 1.54) is 0 Å². The largest absolute Gasteiger partial charge is 0.497 e. The maximum Gasteiger partial charge on any atom is 0.120 e. The molecule has 1 aromatic rings. The van der Waals surface area contributed by atoms with Crippen LogP contribution in [-0.4, -0.2) is 29.7 Å². The molecule has 0 aromatic heterocycles. The molecule has 2 unspecified atom stereocenters. The Bertz CT molecular complexity index is 368. The molecule has 0 heterocycles. The number of rotatable bonds is 7. The highest BCUT2D eigenvalue weighted by molar-refractivity contribution is 7.85. The molecule has 96 valence electrons. The van der Waals surface area contributed by atoms with E-state index in [0.717, 1.165) is 23.6 Å². The number of methoxy groups -OCH3 is 1. The van der Waals surface area contributed by atoms with Gasteiger partial charge in [0.15, 0.2) is 0 Å². The van der Waals surface area contributed by atoms with Gasteiger partial charge in [-0.1, -0.05) is 13.0 Å². The Balaban J connectivity index is 2.56. The second-order valence-electron chi connectivity index (χ2n) is 4.05. The third-order valence-corrected chi connectivity index (χ3v) is 4.03. The van der Waals surface area contributed by atoms with Gasteiger partial charge >= 0.3 is 0 Å². The van der Waals surface area contributed by atoms with Crippen LogP contribution in [0.15, 0.2) is 29.2 Å². The molecule has 0 fully saturated rings. The molecule has 4 heteroatoms. The lowest BCUT2D eigenvalue weighted by Gasteiger charge is -2.13. The Morgan fingerprint density at radius 3 is 2.88 bits per heavy atom. The fourth-order valence-corrected chi connectivity index (χ4v) is 2.76. The van der Waals surface area contributed by atoms with Crippen LogP contribution in [0.2, 0.25) is 0 Å². The van der Waals surface area contributed by atoms with Crippen molar-refractivity contribution in [2.45, 2.75) is 31.2 Å². The summed E-state index contributed by atoms with van der Waals surface area (Å²) in [4.78, 5) is 0.828. The van der Waals surface area contributed by atoms with Crippen LogP contribution < -0.4 is 10.1 Å². The second kappa shape index (κ2) is 7.45. The summed E-state index contributed by atoms with van der Waals surface area (Å²) in [7, 11) is 0.647. The highest BCUT2D eigenvalue weighted by Crippen LogP contribution is 2.16. The van der Waals surface area contributed by atoms with Gasteiger partial charge in [0, 0.05) is 16.7 Å². The maximum absolute atomic E-state index is 12.1. The van der Waals surface area contributed by atoms with Gasteiger partial charge < -0.3 is 10.1 Å². The SMILES string of the molecule is CCCNC(C)CS(=O)c1cccc(OC)c1. The molecule has 0 saturated heterocycles. The first-order valence-corrected chi connectivity index (χ1v) is 7.25. The van der Waals surface area contributed by atoms with Crippen LogP contribution in [0.3, 0.4) is 0 Å². The first-order chi connectivity index (χ1) is 8.17. The van der Waals surface area contributed by atoms with E-state index in [1.54, 1.807) is 7.11 Å². The van der Waals surface area contributed by atoms with E-state index in [1.807, 2.05) is 24.3 Å². The van der Waals surface area contributed by atoms with Crippen molar-refractivity contribution < 1.29 is 8.95 Å². The van der Waals surface area contributed by atoms with Crippen molar-refractivity contribution in [3.05, 3.63) is 24.3 Å². The quantitative estimate of drug-likeness (QED) is 0.811. The van der Waals surface area contributed by atoms with Crippen molar-refractivity contribution in [2.24, 2.45) is 0 Å². The van der Waals surface area contributed by atoms with Crippen molar-refractivity contribution in [3.63, 3.8) is 0 Å². The van der Waals surface area contributed by atoms with Gasteiger partial charge in [0.2, 0.25) is 0 Å². The first-order valence-electron chi connectivity index (χ1n) is 5.93. The maximum atomic E-state index is 12.1. The van der Waals surface area contributed by atoms with E-state index in [2.05, 4.69) is 19.2 Å². The monoisotopic (exact) mass is 255 g/mol. The van der Waals surface area contributed by atoms with Crippen LogP contribution in [0, 0.1) is 0 Å². The molecule has 0 radical (unpaired) electrons. The van der Waals surface area contributed by atoms with Crippen molar-refractivity contribution in [3.8, 4) is 5.75 Å². The zero-order valence-corrected chi connectivity index (χ0v) is 11.5. The lowest BCUT2D eigenvalue weighted by atomic mass is 10.3. The second-order valence-corrected chi connectivity index (χ2v) is 5.54. The van der Waals surface area contributed by atoms with E-state index < -0.39 is 10.8 Å². The molecule has 0 spiro atoms. The third-order valence-electron chi connectivity index (χ3n) is 2.45. The lowest BCUT2D eigenvalue weighted by Crippen LogP contribution is -2.31. The van der Waals surface area contributed by atoms with Gasteiger partial charge in [-0.3, -0.25) is 4.21 Å². The van der Waals surface area contributed by atoms with Crippen LogP contribution >= 0.6 is 0 Å². The van der Waals surface area contributed by atoms with Crippen LogP contribution in [0.5, 0.6) is 5.75 Å². The molecule has 1 rings (SSSR count). The van der Waals surface area contributed by atoms with Crippen LogP contribution in [-0.2, 0) is 10.8 Å². The molecule has 0 saturated carbocycles. The van der Waals surface area contributed by atoms with Crippen molar-refractivity contribution in [1.29, 1.82) is 0 Å². The average Bonchev–Trinajstić information content (AvgIpc) is 2.36. The zero-order chi connectivity index (χ0) is 12.7. The van der Waals surface area contributed by atoms with Crippen molar-refractivity contribution in [2.75, 3.05) is 19.4 Å². The molecule has 2 atom stereocenters. The van der Waals surface area contributed by atoms with Gasteiger partial charge in [-0.2, -0.15) is 0 Å². The number of nitrogens with one attached hydrogen (secondary N) is 1. The predicted molar refractivity (Wildman–Crippen MR) is 72.0 cm³/mol. The molecule has 0 amide bonds. The summed E-state index contributed by atoms with van der Waals surface area (Å²) in [5.74, 6) is 1.39. The van der Waals surface area contributed by atoms with Crippen LogP contribution in [0.4, 0.5) is 0 Å². The Labute approximate surface area is 106 Å². The van der Waals surface area contributed by atoms with Gasteiger partial charge in [0.25, 0.3) is 0 Å². The van der Waals surface area contributed by atoms with Gasteiger partial charge in [0.1, 0.15) is 5.75 Å². The molecular formula is C13H21NO2S. The minimum atomic E-state index is -0.971. The predicted octanol–water partition coefficient (Wildman–Crippen LogP) is 2.19. The highest BCUT2D eigenvalue weighted by atomic mass is 32.2. The minimum absolute atomic E-state index is 0.266. The van der Waals surface area contributed by atoms with E-state index in [4.69, 9.17) is 4.74 Å². The highest BCUT2D eigenvalue weighted by Gasteiger charge is 2.09. The fraction of sp³-hybridized carbons (Fsp3) is 0.538. The van der Waals surface area contributed by atoms with E-state index >= 15 is 0 Å². The summed E-state index contributed by atoms with van der Waals surface area (Å²) >= 11 is 0. The van der Waals surface area contributed by atoms with Gasteiger partial charge in [-0.25, -0.2) is 0 Å². The van der Waals surface area contributed by atoms with E-state index in [0.29, 0.717) is 5.75 Å². The number of ether oxygens (including phenoxy) is 1. The fourth-order valence-electron chi connectivity index (χ4n) is 1.52. The molecule has 1 aromatic carbocycles. The van der Waals surface area contributed by atoms with Crippen molar-refractivity contribution >= 4 is 10.8 Å². The number of hydrogen-bond donors (Lipinski definition) is 1. The first kappa shape index (κ1) is 14.2. The standard InChI is InChI=1S/C13H21NO2S/c1-4-8-14-11(2)10-17(15)13-7-5-6-12(9-13)16-3/h5-7,9,11,14H,4,8,10H2,1-3H3. The summed E-state index contributed by atoms with van der Waals surface area (Å²) in [6.07, 6.45) is 1.09. The summed E-state index contributed by atoms with van der Waals surface area (Å²) in [5, 5.41) is 3.34. The van der Waals surface area contributed by atoms with E-state index in [9.17, 15) is 4.21 Å². The number of benzene rings is 1. The van der Waals surface area contributed by atoms with Gasteiger partial charge in [-0.15, -0.1) is 0 Å². The third kappa shape index (κ3) is 4.88. The Kier molecular flexibility index (Phi) is 6.22. The Hall–Kier alpha value is -0.870. The van der Waals surface area contributed by atoms with Crippen molar-refractivity contribution in [1.82, 2.24) is 5.32 Å². The van der Waals surface area contributed by atoms with Crippen LogP contribution in [0.25, 0.3) is 0 Å². The summed E-state index contributed by atoms with van der Waals surface area (Å²) in [6, 6.07) is 7.71. The van der Waals surface area contributed by atoms with Gasteiger partial charge in [-0.05, 0) is 38.1 Å². The smallest absolute Gasteiger partial charge is 0.120 e. The normalized spacial score (nSPS) is 14.3. The van der Waals surface area contributed by atoms with Gasteiger partial charge in [0.05, 0.1) is 17.9 Å². The molecule has 0 aliphatic heterocycles. The zero-order valence-electron chi connectivity index (χ0n) is 10.7. The minimum Gasteiger partial charge on any atom is -0.497 e. The Morgan fingerprint density at radius 2 is 2.24 bits per heavy atom. The average molecular weight is 255 g/mol. The topological polar surface area (TPSA) is 38.3 Å².